The third-order valence-corrected chi connectivity index (χ3v) is 8.66. The Balaban J connectivity index is 1.82. The van der Waals surface area contributed by atoms with E-state index < -0.39 is 18.4 Å². The number of hydrogen-bond acceptors (Lipinski definition) is 1. The molecule has 2 rings (SSSR count). The summed E-state index contributed by atoms with van der Waals surface area (Å²) in [4.78, 5) is 10.3. The second-order valence-corrected chi connectivity index (χ2v) is 22.4. The number of likely N-dealkylation sites (tertiary alicyclic amines) is 1. The number of nitrogens with zero attached hydrogens (tertiary/aromatic N) is 1. The van der Waals surface area contributed by atoms with Gasteiger partial charge in [0.15, 0.2) is 0 Å². The van der Waals surface area contributed by atoms with Gasteiger partial charge < -0.3 is 0 Å². The summed E-state index contributed by atoms with van der Waals surface area (Å²) in [6.07, 6.45) is 1.43. The average molecular weight is 338 g/mol. The molecule has 1 aromatic carbocycles. The van der Waals surface area contributed by atoms with Crippen molar-refractivity contribution in [3.63, 3.8) is 0 Å². The van der Waals surface area contributed by atoms with Crippen LogP contribution in [-0.4, -0.2) is 36.4 Å². The van der Waals surface area contributed by atoms with Gasteiger partial charge in [-0.05, 0) is 0 Å². The zero-order chi connectivity index (χ0) is 12.3. The Morgan fingerprint density at radius 2 is 1.88 bits per heavy atom. The number of hydrogen-bond donors (Lipinski definition) is 0. The van der Waals surface area contributed by atoms with Crippen LogP contribution in [0.2, 0.25) is 19.3 Å². The first-order valence-corrected chi connectivity index (χ1v) is 17.4. The van der Waals surface area contributed by atoms with Gasteiger partial charge in [0.05, 0.1) is 0 Å². The Bertz CT molecular complexity index is 342. The summed E-state index contributed by atoms with van der Waals surface area (Å²) in [5.41, 5.74) is 1.47. The third-order valence-electron chi connectivity index (χ3n) is 3.52. The molecule has 0 N–H and O–H groups in total. The Hall–Kier alpha value is -0.0213. The Labute approximate surface area is 110 Å². The van der Waals surface area contributed by atoms with Gasteiger partial charge in [0.1, 0.15) is 0 Å². The van der Waals surface area contributed by atoms with E-state index in [0.717, 1.165) is 12.5 Å². The molecule has 1 fully saturated rings. The van der Waals surface area contributed by atoms with Crippen LogP contribution in [-0.2, 0) is 6.54 Å². The topological polar surface area (TPSA) is 3.24 Å². The standard InChI is InChI=1S/C12H16N.3CH3.Sn/c1-11-7-8-13(9-11)10-12-5-3-2-4-6-12;;;;/h2-6,11H,1,7-10H2;3*1H3;. The number of benzene rings is 1. The van der Waals surface area contributed by atoms with Gasteiger partial charge in [-0.15, -0.1) is 0 Å². The summed E-state index contributed by atoms with van der Waals surface area (Å²) in [6, 6.07) is 10.9. The van der Waals surface area contributed by atoms with E-state index in [1.54, 1.807) is 4.44 Å². The maximum absolute atomic E-state index is 2.64. The van der Waals surface area contributed by atoms with Crippen LogP contribution in [0.4, 0.5) is 0 Å². The summed E-state index contributed by atoms with van der Waals surface area (Å²) < 4.78 is 1.57. The van der Waals surface area contributed by atoms with Crippen LogP contribution in [0.3, 0.4) is 0 Å². The molecule has 1 unspecified atom stereocenters. The van der Waals surface area contributed by atoms with Crippen molar-refractivity contribution in [2.45, 2.75) is 32.2 Å². The molecule has 1 atom stereocenters. The van der Waals surface area contributed by atoms with Crippen LogP contribution in [0, 0.1) is 5.92 Å². The fourth-order valence-electron chi connectivity index (χ4n) is 2.93. The second kappa shape index (κ2) is 5.75. The monoisotopic (exact) mass is 339 g/mol. The summed E-state index contributed by atoms with van der Waals surface area (Å²) in [5.74, 6) is 0.995. The van der Waals surface area contributed by atoms with E-state index in [4.69, 9.17) is 0 Å². The quantitative estimate of drug-likeness (QED) is 0.754. The van der Waals surface area contributed by atoms with E-state index in [0.29, 0.717) is 0 Å². The fraction of sp³-hybridized carbons (Fsp3) is 0.600. The van der Waals surface area contributed by atoms with E-state index in [9.17, 15) is 0 Å². The Kier molecular flexibility index (Phi) is 4.53. The zero-order valence-corrected chi connectivity index (χ0v) is 14.3. The molecule has 0 saturated carbocycles. The molecule has 1 aliphatic rings. The van der Waals surface area contributed by atoms with Crippen molar-refractivity contribution >= 4 is 18.4 Å². The van der Waals surface area contributed by atoms with Crippen molar-refractivity contribution in [1.29, 1.82) is 0 Å². The molecular weight excluding hydrogens is 313 g/mol. The van der Waals surface area contributed by atoms with Gasteiger partial charge in [-0.1, -0.05) is 0 Å². The molecule has 0 aliphatic carbocycles. The van der Waals surface area contributed by atoms with Gasteiger partial charge in [0.25, 0.3) is 0 Å². The predicted molar refractivity (Wildman–Crippen MR) is 78.0 cm³/mol. The molecule has 0 amide bonds. The molecule has 0 spiro atoms. The van der Waals surface area contributed by atoms with Gasteiger partial charge in [-0.2, -0.15) is 0 Å². The molecule has 0 aromatic heterocycles. The van der Waals surface area contributed by atoms with Crippen molar-refractivity contribution < 1.29 is 0 Å². The van der Waals surface area contributed by atoms with Crippen molar-refractivity contribution in [2.24, 2.45) is 5.92 Å². The van der Waals surface area contributed by atoms with E-state index in [-0.39, 0.29) is 0 Å². The molecule has 1 heterocycles. The molecule has 1 aliphatic heterocycles. The summed E-state index contributed by atoms with van der Waals surface area (Å²) in [6.45, 7) is 3.79. The SMILES string of the molecule is [CH3][Sn]([CH3])([CH3])[CH2]C1CCN(Cc2ccccc2)C1. The van der Waals surface area contributed by atoms with Gasteiger partial charge in [0.2, 0.25) is 0 Å². The molecule has 1 saturated heterocycles. The normalized spacial score (nSPS) is 21.9. The summed E-state index contributed by atoms with van der Waals surface area (Å²) in [7, 11) is 0. The molecule has 0 bridgehead atoms. The molecule has 94 valence electrons. The van der Waals surface area contributed by atoms with Crippen molar-refractivity contribution in [3.05, 3.63) is 35.9 Å². The van der Waals surface area contributed by atoms with Crippen LogP contribution < -0.4 is 0 Å². The first-order valence-electron chi connectivity index (χ1n) is 6.79. The van der Waals surface area contributed by atoms with Crippen LogP contribution in [0.5, 0.6) is 0 Å². The Morgan fingerprint density at radius 1 is 1.18 bits per heavy atom. The molecule has 2 heteroatoms. The number of rotatable bonds is 4. The van der Waals surface area contributed by atoms with E-state index >= 15 is 0 Å². The van der Waals surface area contributed by atoms with E-state index in [2.05, 4.69) is 50.1 Å². The van der Waals surface area contributed by atoms with E-state index in [1.165, 1.54) is 25.1 Å². The van der Waals surface area contributed by atoms with Crippen LogP contribution >= 0.6 is 0 Å². The van der Waals surface area contributed by atoms with Gasteiger partial charge in [-0.25, -0.2) is 0 Å². The minimum atomic E-state index is -1.56. The molecule has 0 radical (unpaired) electrons. The average Bonchev–Trinajstić information content (AvgIpc) is 2.64. The van der Waals surface area contributed by atoms with E-state index in [1.807, 2.05) is 0 Å². The molecule has 17 heavy (non-hydrogen) atoms. The predicted octanol–water partition coefficient (Wildman–Crippen LogP) is 3.85. The van der Waals surface area contributed by atoms with Crippen molar-refractivity contribution in [3.8, 4) is 0 Å². The van der Waals surface area contributed by atoms with Crippen LogP contribution in [0.15, 0.2) is 30.3 Å². The summed E-state index contributed by atoms with van der Waals surface area (Å²) in [5, 5.41) is 0. The van der Waals surface area contributed by atoms with Crippen molar-refractivity contribution in [1.82, 2.24) is 4.90 Å². The second-order valence-electron chi connectivity index (χ2n) is 6.64. The van der Waals surface area contributed by atoms with Gasteiger partial charge in [0, 0.05) is 0 Å². The maximum atomic E-state index is 2.64. The molecule has 1 aromatic rings. The zero-order valence-electron chi connectivity index (χ0n) is 11.4. The van der Waals surface area contributed by atoms with Crippen LogP contribution in [0.25, 0.3) is 0 Å². The van der Waals surface area contributed by atoms with Gasteiger partial charge in [-0.3, -0.25) is 0 Å². The van der Waals surface area contributed by atoms with Crippen LogP contribution in [0.1, 0.15) is 12.0 Å². The molecule has 1 nitrogen and oxygen atoms in total. The third kappa shape index (κ3) is 4.63. The molecular formula is C15H25NSn. The van der Waals surface area contributed by atoms with Crippen molar-refractivity contribution in [2.75, 3.05) is 13.1 Å². The first kappa shape index (κ1) is 13.4. The fourth-order valence-corrected chi connectivity index (χ4v) is 8.83. The first-order chi connectivity index (χ1) is 8.03. The Morgan fingerprint density at radius 3 is 2.53 bits per heavy atom. The van der Waals surface area contributed by atoms with Gasteiger partial charge >= 0.3 is 110 Å². The minimum absolute atomic E-state index is 0.995. The summed E-state index contributed by atoms with van der Waals surface area (Å²) >= 11 is -1.56.